The molecule has 1 saturated carbocycles. The number of fused-ring (bicyclic) bond motifs is 3. The van der Waals surface area contributed by atoms with Crippen LogP contribution < -0.4 is 10.6 Å². The van der Waals surface area contributed by atoms with Crippen LogP contribution in [0.4, 0.5) is 4.79 Å². The number of carbonyl (C=O) groups is 3. The third-order valence-electron chi connectivity index (χ3n) is 6.55. The molecule has 2 aliphatic rings. The Bertz CT molecular complexity index is 994. The van der Waals surface area contributed by atoms with E-state index in [2.05, 4.69) is 34.9 Å². The molecule has 2 aromatic rings. The summed E-state index contributed by atoms with van der Waals surface area (Å²) in [5.41, 5.74) is 4.70. The summed E-state index contributed by atoms with van der Waals surface area (Å²) < 4.78 is 10.6. The summed E-state index contributed by atoms with van der Waals surface area (Å²) in [6.07, 6.45) is 2.45. The molecule has 4 rings (SSSR count). The second-order valence-electron chi connectivity index (χ2n) is 8.77. The van der Waals surface area contributed by atoms with Gasteiger partial charge >= 0.3 is 12.1 Å². The lowest BCUT2D eigenvalue weighted by Crippen LogP contribution is -2.40. The molecule has 180 valence electrons. The minimum absolute atomic E-state index is 0.00616. The number of benzene rings is 2. The van der Waals surface area contributed by atoms with Gasteiger partial charge in [-0.3, -0.25) is 4.79 Å². The summed E-state index contributed by atoms with van der Waals surface area (Å²) >= 11 is 0. The van der Waals surface area contributed by atoms with Gasteiger partial charge in [0.1, 0.15) is 13.2 Å². The first-order chi connectivity index (χ1) is 16.5. The second-order valence-corrected chi connectivity index (χ2v) is 8.77. The molecule has 2 amide bonds. The zero-order chi connectivity index (χ0) is 23.9. The summed E-state index contributed by atoms with van der Waals surface area (Å²) in [7, 11) is 0. The number of ether oxygens (including phenoxy) is 2. The largest absolute Gasteiger partial charge is 0.480 e. The Morgan fingerprint density at radius 1 is 0.971 bits per heavy atom. The summed E-state index contributed by atoms with van der Waals surface area (Å²) in [5, 5.41) is 14.2. The molecule has 0 heterocycles. The van der Waals surface area contributed by atoms with Gasteiger partial charge in [-0.05, 0) is 41.0 Å². The van der Waals surface area contributed by atoms with Crippen molar-refractivity contribution in [3.63, 3.8) is 0 Å². The lowest BCUT2D eigenvalue weighted by atomic mass is 9.98. The number of carbonyl (C=O) groups excluding carboxylic acids is 2. The van der Waals surface area contributed by atoms with Crippen LogP contribution >= 0.6 is 0 Å². The van der Waals surface area contributed by atoms with Crippen molar-refractivity contribution in [2.75, 3.05) is 26.4 Å². The number of amides is 2. The van der Waals surface area contributed by atoms with Crippen molar-refractivity contribution in [1.82, 2.24) is 10.6 Å². The highest BCUT2D eigenvalue weighted by Crippen LogP contribution is 2.44. The van der Waals surface area contributed by atoms with Crippen LogP contribution in [0.15, 0.2) is 48.5 Å². The first-order valence-corrected chi connectivity index (χ1v) is 11.7. The summed E-state index contributed by atoms with van der Waals surface area (Å²) in [6.45, 7) is 0.270. The average molecular weight is 467 g/mol. The molecule has 0 radical (unpaired) electrons. The van der Waals surface area contributed by atoms with Gasteiger partial charge in [-0.1, -0.05) is 55.0 Å². The minimum atomic E-state index is -1.04. The van der Waals surface area contributed by atoms with Gasteiger partial charge < -0.3 is 25.2 Å². The Labute approximate surface area is 198 Å². The molecule has 2 aliphatic carbocycles. The lowest BCUT2D eigenvalue weighted by molar-refractivity contribution is -0.142. The SMILES string of the molecule is O=C(O)COCCNC(=O)CC1CCCC1NC(=O)OCC1c2ccccc2-c2ccccc21. The molecule has 0 saturated heterocycles. The molecule has 0 aromatic heterocycles. The maximum absolute atomic E-state index is 12.6. The number of hydrogen-bond acceptors (Lipinski definition) is 5. The first kappa shape index (κ1) is 23.8. The number of rotatable bonds is 10. The molecule has 2 atom stereocenters. The normalized spacial score (nSPS) is 18.7. The van der Waals surface area contributed by atoms with Crippen molar-refractivity contribution in [3.05, 3.63) is 59.7 Å². The monoisotopic (exact) mass is 466 g/mol. The van der Waals surface area contributed by atoms with Gasteiger partial charge in [-0.2, -0.15) is 0 Å². The maximum atomic E-state index is 12.6. The fourth-order valence-corrected chi connectivity index (χ4v) is 5.00. The van der Waals surface area contributed by atoms with Crippen molar-refractivity contribution < 1.29 is 29.0 Å². The van der Waals surface area contributed by atoms with Crippen LogP contribution in [0.1, 0.15) is 42.7 Å². The predicted molar refractivity (Wildman–Crippen MR) is 125 cm³/mol. The number of carboxylic acids is 1. The Hall–Kier alpha value is -3.39. The van der Waals surface area contributed by atoms with Gasteiger partial charge in [0.2, 0.25) is 5.91 Å². The van der Waals surface area contributed by atoms with E-state index in [0.29, 0.717) is 6.42 Å². The van der Waals surface area contributed by atoms with Crippen LogP contribution in [0.25, 0.3) is 11.1 Å². The number of aliphatic carboxylic acids is 1. The highest BCUT2D eigenvalue weighted by molar-refractivity contribution is 5.79. The van der Waals surface area contributed by atoms with Crippen LogP contribution in [0.2, 0.25) is 0 Å². The molecule has 2 unspecified atom stereocenters. The molecule has 2 aromatic carbocycles. The molecule has 3 N–H and O–H groups in total. The van der Waals surface area contributed by atoms with Gasteiger partial charge in [0.05, 0.1) is 6.61 Å². The van der Waals surface area contributed by atoms with Crippen LogP contribution in [0.3, 0.4) is 0 Å². The highest BCUT2D eigenvalue weighted by Gasteiger charge is 2.32. The summed E-state index contributed by atoms with van der Waals surface area (Å²) in [4.78, 5) is 35.3. The highest BCUT2D eigenvalue weighted by atomic mass is 16.5. The van der Waals surface area contributed by atoms with E-state index in [4.69, 9.17) is 14.6 Å². The van der Waals surface area contributed by atoms with Gasteiger partial charge in [-0.25, -0.2) is 9.59 Å². The molecule has 0 bridgehead atoms. The number of alkyl carbamates (subject to hydrolysis) is 1. The smallest absolute Gasteiger partial charge is 0.407 e. The fraction of sp³-hybridized carbons (Fsp3) is 0.423. The van der Waals surface area contributed by atoms with Crippen molar-refractivity contribution >= 4 is 18.0 Å². The zero-order valence-corrected chi connectivity index (χ0v) is 19.0. The van der Waals surface area contributed by atoms with Crippen LogP contribution in [-0.2, 0) is 19.1 Å². The molecule has 34 heavy (non-hydrogen) atoms. The van der Waals surface area contributed by atoms with Crippen molar-refractivity contribution in [1.29, 1.82) is 0 Å². The topological polar surface area (TPSA) is 114 Å². The van der Waals surface area contributed by atoms with Gasteiger partial charge in [0, 0.05) is 24.9 Å². The van der Waals surface area contributed by atoms with E-state index in [9.17, 15) is 14.4 Å². The summed E-state index contributed by atoms with van der Waals surface area (Å²) in [6, 6.07) is 16.3. The lowest BCUT2D eigenvalue weighted by Gasteiger charge is -2.21. The van der Waals surface area contributed by atoms with E-state index >= 15 is 0 Å². The van der Waals surface area contributed by atoms with Gasteiger partial charge in [0.15, 0.2) is 0 Å². The minimum Gasteiger partial charge on any atom is -0.480 e. The molecule has 0 spiro atoms. The van der Waals surface area contributed by atoms with Gasteiger partial charge in [0.25, 0.3) is 0 Å². The predicted octanol–water partition coefficient (Wildman–Crippen LogP) is 3.30. The van der Waals surface area contributed by atoms with E-state index < -0.39 is 12.1 Å². The maximum Gasteiger partial charge on any atom is 0.407 e. The van der Waals surface area contributed by atoms with Crippen molar-refractivity contribution in [2.45, 2.75) is 37.6 Å². The third-order valence-corrected chi connectivity index (χ3v) is 6.55. The van der Waals surface area contributed by atoms with E-state index in [1.165, 1.54) is 22.3 Å². The Balaban J connectivity index is 1.25. The van der Waals surface area contributed by atoms with Crippen LogP contribution in [0.5, 0.6) is 0 Å². The Morgan fingerprint density at radius 2 is 1.65 bits per heavy atom. The molecule has 1 fully saturated rings. The van der Waals surface area contributed by atoms with Crippen molar-refractivity contribution in [2.24, 2.45) is 5.92 Å². The molecule has 0 aliphatic heterocycles. The van der Waals surface area contributed by atoms with E-state index in [0.717, 1.165) is 19.3 Å². The Morgan fingerprint density at radius 3 is 2.32 bits per heavy atom. The van der Waals surface area contributed by atoms with E-state index in [-0.39, 0.29) is 50.2 Å². The molecule has 8 nitrogen and oxygen atoms in total. The third kappa shape index (κ3) is 5.75. The van der Waals surface area contributed by atoms with Crippen LogP contribution in [-0.4, -0.2) is 55.5 Å². The number of hydrogen-bond donors (Lipinski definition) is 3. The average Bonchev–Trinajstić information content (AvgIpc) is 3.39. The molecular formula is C26H30N2O6. The summed E-state index contributed by atoms with van der Waals surface area (Å²) in [5.74, 6) is -1.13. The quantitative estimate of drug-likeness (QED) is 0.463. The van der Waals surface area contributed by atoms with Gasteiger partial charge in [-0.15, -0.1) is 0 Å². The first-order valence-electron chi connectivity index (χ1n) is 11.7. The number of carboxylic acid groups (broad SMARTS) is 1. The van der Waals surface area contributed by atoms with Crippen LogP contribution in [0, 0.1) is 5.92 Å². The van der Waals surface area contributed by atoms with Crippen molar-refractivity contribution in [3.8, 4) is 11.1 Å². The zero-order valence-electron chi connectivity index (χ0n) is 19.0. The molecular weight excluding hydrogens is 436 g/mol. The fourth-order valence-electron chi connectivity index (χ4n) is 5.00. The van der Waals surface area contributed by atoms with E-state index in [1.54, 1.807) is 0 Å². The molecule has 8 heteroatoms. The Kier molecular flexibility index (Phi) is 7.80. The second kappa shape index (κ2) is 11.2. The standard InChI is InChI=1S/C26H30N2O6/c29-24(27-12-13-33-16-25(30)31)14-17-6-5-11-23(17)28-26(32)34-15-22-20-9-3-1-7-18(20)19-8-2-4-10-21(19)22/h1-4,7-10,17,22-23H,5-6,11-16H2,(H,27,29)(H,28,32)(H,30,31). The van der Waals surface area contributed by atoms with E-state index in [1.807, 2.05) is 24.3 Å². The number of nitrogens with one attached hydrogen (secondary N) is 2.